The van der Waals surface area contributed by atoms with Gasteiger partial charge in [0, 0.05) is 24.7 Å². The number of halogens is 1. The van der Waals surface area contributed by atoms with Crippen LogP contribution in [0, 0.1) is 5.92 Å². The molecule has 3 rings (SSSR count). The summed E-state index contributed by atoms with van der Waals surface area (Å²) in [5.74, 6) is 2.30. The first-order valence-electron chi connectivity index (χ1n) is 7.97. The molecule has 0 amide bonds. The van der Waals surface area contributed by atoms with E-state index in [4.69, 9.17) is 17.3 Å². The van der Waals surface area contributed by atoms with Crippen LogP contribution in [-0.4, -0.2) is 23.1 Å². The van der Waals surface area contributed by atoms with Gasteiger partial charge in [-0.25, -0.2) is 9.97 Å². The Bertz CT molecular complexity index is 651. The molecule has 2 heterocycles. The molecule has 0 radical (unpaired) electrons. The Kier molecular flexibility index (Phi) is 4.86. The quantitative estimate of drug-likeness (QED) is 0.896. The van der Waals surface area contributed by atoms with Gasteiger partial charge in [0.05, 0.1) is 0 Å². The molecule has 1 aromatic heterocycles. The fourth-order valence-corrected chi connectivity index (χ4v) is 2.91. The average Bonchev–Trinajstić information content (AvgIpc) is 2.56. The van der Waals surface area contributed by atoms with Crippen molar-refractivity contribution < 1.29 is 0 Å². The number of aromatic nitrogens is 2. The van der Waals surface area contributed by atoms with Gasteiger partial charge in [-0.1, -0.05) is 30.7 Å². The summed E-state index contributed by atoms with van der Waals surface area (Å²) in [6, 6.07) is 7.73. The normalized spacial score (nSPS) is 15.7. The molecule has 0 unspecified atom stereocenters. The Hall–Kier alpha value is -2.01. The van der Waals surface area contributed by atoms with Gasteiger partial charge in [0.2, 0.25) is 0 Å². The third kappa shape index (κ3) is 3.85. The van der Waals surface area contributed by atoms with Crippen molar-refractivity contribution in [2.45, 2.75) is 26.3 Å². The van der Waals surface area contributed by atoms with Gasteiger partial charge in [-0.2, -0.15) is 0 Å². The van der Waals surface area contributed by atoms with E-state index < -0.39 is 0 Å². The number of hydrogen-bond donors (Lipinski definition) is 2. The van der Waals surface area contributed by atoms with Crippen molar-refractivity contribution >= 4 is 28.9 Å². The lowest BCUT2D eigenvalue weighted by Gasteiger charge is -2.32. The van der Waals surface area contributed by atoms with Crippen molar-refractivity contribution in [1.82, 2.24) is 9.97 Å². The van der Waals surface area contributed by atoms with Crippen molar-refractivity contribution in [2.24, 2.45) is 5.92 Å². The van der Waals surface area contributed by atoms with E-state index in [9.17, 15) is 0 Å². The van der Waals surface area contributed by atoms with E-state index in [1.54, 1.807) is 6.33 Å². The van der Waals surface area contributed by atoms with Crippen LogP contribution in [0.15, 0.2) is 30.6 Å². The van der Waals surface area contributed by atoms with Crippen LogP contribution < -0.4 is 16.0 Å². The molecule has 0 atom stereocenters. The first-order valence-corrected chi connectivity index (χ1v) is 8.35. The number of anilines is 3. The molecule has 122 valence electrons. The van der Waals surface area contributed by atoms with E-state index in [1.807, 2.05) is 24.3 Å². The summed E-state index contributed by atoms with van der Waals surface area (Å²) in [5, 5.41) is 4.02. The van der Waals surface area contributed by atoms with Crippen LogP contribution in [0.2, 0.25) is 5.02 Å². The minimum atomic E-state index is 0.621. The summed E-state index contributed by atoms with van der Waals surface area (Å²) in [6.45, 7) is 4.94. The number of piperidine rings is 1. The number of nitrogens with zero attached hydrogens (tertiary/aromatic N) is 3. The molecule has 1 aliphatic heterocycles. The lowest BCUT2D eigenvalue weighted by atomic mass is 9.99. The molecule has 2 aromatic rings. The summed E-state index contributed by atoms with van der Waals surface area (Å²) in [5.41, 5.74) is 8.03. The molecule has 1 aliphatic rings. The Morgan fingerprint density at radius 1 is 1.22 bits per heavy atom. The standard InChI is InChI=1S/C17H22ClN5/c1-12-6-8-23(9-7-12)17-15(19)16(21-11-22-17)20-10-13-2-4-14(18)5-3-13/h2-5,11-12H,6-10,19H2,1H3,(H,20,21,22). The molecule has 0 saturated carbocycles. The van der Waals surface area contributed by atoms with E-state index in [0.717, 1.165) is 35.4 Å². The molecule has 6 heteroatoms. The van der Waals surface area contributed by atoms with Gasteiger partial charge in [0.1, 0.15) is 12.0 Å². The lowest BCUT2D eigenvalue weighted by Crippen LogP contribution is -2.34. The Morgan fingerprint density at radius 3 is 2.61 bits per heavy atom. The second-order valence-electron chi connectivity index (χ2n) is 6.11. The van der Waals surface area contributed by atoms with Crippen LogP contribution in [0.3, 0.4) is 0 Å². The molecule has 0 spiro atoms. The Morgan fingerprint density at radius 2 is 1.91 bits per heavy atom. The zero-order valence-corrected chi connectivity index (χ0v) is 14.1. The smallest absolute Gasteiger partial charge is 0.157 e. The number of nitrogens with two attached hydrogens (primary N) is 1. The van der Waals surface area contributed by atoms with Crippen molar-refractivity contribution in [2.75, 3.05) is 29.0 Å². The molecule has 0 bridgehead atoms. The van der Waals surface area contributed by atoms with Crippen LogP contribution in [-0.2, 0) is 6.54 Å². The number of nitrogens with one attached hydrogen (secondary N) is 1. The van der Waals surface area contributed by atoms with Gasteiger partial charge in [-0.3, -0.25) is 0 Å². The number of benzene rings is 1. The summed E-state index contributed by atoms with van der Waals surface area (Å²) < 4.78 is 0. The van der Waals surface area contributed by atoms with E-state index in [1.165, 1.54) is 12.8 Å². The summed E-state index contributed by atoms with van der Waals surface area (Å²) >= 11 is 5.90. The number of rotatable bonds is 4. The van der Waals surface area contributed by atoms with Crippen LogP contribution in [0.1, 0.15) is 25.3 Å². The van der Waals surface area contributed by atoms with Gasteiger partial charge in [0.15, 0.2) is 11.6 Å². The molecule has 1 fully saturated rings. The Labute approximate surface area is 141 Å². The first-order chi connectivity index (χ1) is 11.1. The fourth-order valence-electron chi connectivity index (χ4n) is 2.79. The van der Waals surface area contributed by atoms with Crippen molar-refractivity contribution in [3.8, 4) is 0 Å². The van der Waals surface area contributed by atoms with Gasteiger partial charge in [-0.15, -0.1) is 0 Å². The van der Waals surface area contributed by atoms with Crippen LogP contribution in [0.4, 0.5) is 17.3 Å². The second-order valence-corrected chi connectivity index (χ2v) is 6.55. The summed E-state index contributed by atoms with van der Waals surface area (Å²) in [7, 11) is 0. The van der Waals surface area contributed by atoms with E-state index in [0.29, 0.717) is 18.1 Å². The van der Waals surface area contributed by atoms with E-state index in [-0.39, 0.29) is 0 Å². The van der Waals surface area contributed by atoms with Gasteiger partial charge in [0.25, 0.3) is 0 Å². The second kappa shape index (κ2) is 7.04. The van der Waals surface area contributed by atoms with Crippen molar-refractivity contribution in [3.05, 3.63) is 41.2 Å². The van der Waals surface area contributed by atoms with Gasteiger partial charge in [-0.05, 0) is 36.5 Å². The average molecular weight is 332 g/mol. The molecule has 3 N–H and O–H groups in total. The predicted molar refractivity (Wildman–Crippen MR) is 95.8 cm³/mol. The zero-order valence-electron chi connectivity index (χ0n) is 13.3. The van der Waals surface area contributed by atoms with E-state index >= 15 is 0 Å². The highest BCUT2D eigenvalue weighted by molar-refractivity contribution is 6.30. The Balaban J connectivity index is 1.70. The maximum absolute atomic E-state index is 6.29. The third-order valence-electron chi connectivity index (χ3n) is 4.32. The number of hydrogen-bond acceptors (Lipinski definition) is 5. The molecule has 23 heavy (non-hydrogen) atoms. The highest BCUT2D eigenvalue weighted by atomic mass is 35.5. The van der Waals surface area contributed by atoms with Gasteiger partial charge < -0.3 is 16.0 Å². The zero-order chi connectivity index (χ0) is 16.2. The summed E-state index contributed by atoms with van der Waals surface area (Å²) in [4.78, 5) is 10.9. The monoisotopic (exact) mass is 331 g/mol. The maximum Gasteiger partial charge on any atom is 0.157 e. The van der Waals surface area contributed by atoms with Crippen LogP contribution in [0.25, 0.3) is 0 Å². The molecular weight excluding hydrogens is 310 g/mol. The largest absolute Gasteiger partial charge is 0.393 e. The maximum atomic E-state index is 6.29. The van der Waals surface area contributed by atoms with Crippen molar-refractivity contribution in [3.63, 3.8) is 0 Å². The number of nitrogen functional groups attached to an aromatic ring is 1. The molecule has 5 nitrogen and oxygen atoms in total. The minimum absolute atomic E-state index is 0.621. The first kappa shape index (κ1) is 15.9. The molecular formula is C17H22ClN5. The fraction of sp³-hybridized carbons (Fsp3) is 0.412. The molecule has 1 saturated heterocycles. The highest BCUT2D eigenvalue weighted by Gasteiger charge is 2.20. The van der Waals surface area contributed by atoms with Crippen LogP contribution in [0.5, 0.6) is 0 Å². The highest BCUT2D eigenvalue weighted by Crippen LogP contribution is 2.29. The van der Waals surface area contributed by atoms with E-state index in [2.05, 4.69) is 27.1 Å². The van der Waals surface area contributed by atoms with Crippen LogP contribution >= 0.6 is 11.6 Å². The molecule has 1 aromatic carbocycles. The minimum Gasteiger partial charge on any atom is -0.393 e. The van der Waals surface area contributed by atoms with Gasteiger partial charge >= 0.3 is 0 Å². The third-order valence-corrected chi connectivity index (χ3v) is 4.57. The predicted octanol–water partition coefficient (Wildman–Crippen LogP) is 3.56. The lowest BCUT2D eigenvalue weighted by molar-refractivity contribution is 0.437. The summed E-state index contributed by atoms with van der Waals surface area (Å²) in [6.07, 6.45) is 3.93. The van der Waals surface area contributed by atoms with Crippen molar-refractivity contribution in [1.29, 1.82) is 0 Å². The SMILES string of the molecule is CC1CCN(c2ncnc(NCc3ccc(Cl)cc3)c2N)CC1. The molecule has 0 aliphatic carbocycles. The topological polar surface area (TPSA) is 67.1 Å².